The monoisotopic (exact) mass is 142 g/mol. The van der Waals surface area contributed by atoms with Crippen molar-refractivity contribution in [2.24, 2.45) is 0 Å². The predicted molar refractivity (Wildman–Crippen MR) is 44.9 cm³/mol. The molecule has 1 nitrogen and oxygen atoms in total. The fourth-order valence-corrected chi connectivity index (χ4v) is 1.77. The zero-order valence-electron chi connectivity index (χ0n) is 7.94. The number of quaternary nitrogens is 1. The Bertz CT molecular complexity index is 136. The summed E-state index contributed by atoms with van der Waals surface area (Å²) in [6, 6.07) is 0.843. The molecule has 0 aromatic rings. The van der Waals surface area contributed by atoms with Crippen LogP contribution in [0.2, 0.25) is 0 Å². The summed E-state index contributed by atoms with van der Waals surface area (Å²) in [5, 5.41) is 0. The van der Waals surface area contributed by atoms with Gasteiger partial charge in [-0.15, -0.1) is 0 Å². The Balaban J connectivity index is 2.84. The van der Waals surface area contributed by atoms with Crippen molar-refractivity contribution in [3.8, 4) is 0 Å². The minimum atomic E-state index is 0.499. The molecule has 1 unspecified atom stereocenters. The fraction of sp³-hybridized carbons (Fsp3) is 1.00. The Morgan fingerprint density at radius 1 is 1.30 bits per heavy atom. The van der Waals surface area contributed by atoms with E-state index < -0.39 is 0 Å². The first-order valence-electron chi connectivity index (χ1n) is 4.22. The molecule has 1 heterocycles. The molecule has 0 saturated carbocycles. The molecule has 1 atom stereocenters. The van der Waals surface area contributed by atoms with E-state index in [-0.39, 0.29) is 0 Å². The number of nitrogens with zero attached hydrogens (tertiary/aromatic N) is 1. The van der Waals surface area contributed by atoms with Crippen molar-refractivity contribution in [2.75, 3.05) is 14.1 Å². The maximum absolute atomic E-state index is 2.37. The van der Waals surface area contributed by atoms with E-state index in [9.17, 15) is 0 Å². The quantitative estimate of drug-likeness (QED) is 0.454. The van der Waals surface area contributed by atoms with Gasteiger partial charge >= 0.3 is 0 Å². The molecule has 1 fully saturated rings. The van der Waals surface area contributed by atoms with Crippen LogP contribution in [0.5, 0.6) is 0 Å². The largest absolute Gasteiger partial charge is 0.322 e. The molecule has 0 amide bonds. The minimum Gasteiger partial charge on any atom is -0.322 e. The Morgan fingerprint density at radius 3 is 1.90 bits per heavy atom. The van der Waals surface area contributed by atoms with E-state index in [0.29, 0.717) is 5.54 Å². The molecule has 60 valence electrons. The molecule has 1 saturated heterocycles. The SMILES string of the molecule is CC1CCC(C)(C)[N+]1(C)C. The summed E-state index contributed by atoms with van der Waals surface area (Å²) in [4.78, 5) is 0. The normalized spacial score (nSPS) is 36.3. The third kappa shape index (κ3) is 0.878. The highest BCUT2D eigenvalue weighted by Crippen LogP contribution is 2.37. The molecular formula is C9H20N+. The van der Waals surface area contributed by atoms with E-state index in [1.807, 2.05) is 0 Å². The maximum Gasteiger partial charge on any atom is 0.0935 e. The summed E-state index contributed by atoms with van der Waals surface area (Å²) in [6.07, 6.45) is 2.77. The van der Waals surface area contributed by atoms with Crippen LogP contribution in [0, 0.1) is 0 Å². The Hall–Kier alpha value is -0.0400. The first kappa shape index (κ1) is 8.06. The van der Waals surface area contributed by atoms with Gasteiger partial charge in [0.2, 0.25) is 0 Å². The van der Waals surface area contributed by atoms with E-state index >= 15 is 0 Å². The van der Waals surface area contributed by atoms with E-state index in [2.05, 4.69) is 34.9 Å². The van der Waals surface area contributed by atoms with Crippen LogP contribution in [-0.2, 0) is 0 Å². The number of likely N-dealkylation sites (tertiary alicyclic amines) is 1. The number of hydrogen-bond acceptors (Lipinski definition) is 0. The van der Waals surface area contributed by atoms with Gasteiger partial charge in [-0.3, -0.25) is 0 Å². The highest BCUT2D eigenvalue weighted by molar-refractivity contribution is 4.79. The van der Waals surface area contributed by atoms with Gasteiger partial charge in [-0.25, -0.2) is 0 Å². The molecule has 0 spiro atoms. The first-order valence-corrected chi connectivity index (χ1v) is 4.22. The molecule has 0 bridgehead atoms. The average molecular weight is 142 g/mol. The summed E-state index contributed by atoms with van der Waals surface area (Å²) in [7, 11) is 4.69. The summed E-state index contributed by atoms with van der Waals surface area (Å²) in [5.41, 5.74) is 0.499. The smallest absolute Gasteiger partial charge is 0.0935 e. The van der Waals surface area contributed by atoms with Crippen LogP contribution in [0.25, 0.3) is 0 Å². The molecule has 1 rings (SSSR count). The highest BCUT2D eigenvalue weighted by atomic mass is 15.4. The van der Waals surface area contributed by atoms with Crippen LogP contribution in [0.4, 0.5) is 0 Å². The lowest BCUT2D eigenvalue weighted by molar-refractivity contribution is -0.944. The second-order valence-corrected chi connectivity index (χ2v) is 4.74. The van der Waals surface area contributed by atoms with Crippen molar-refractivity contribution in [1.29, 1.82) is 0 Å². The van der Waals surface area contributed by atoms with Crippen molar-refractivity contribution < 1.29 is 4.48 Å². The zero-order chi connectivity index (χ0) is 7.99. The molecule has 0 aliphatic carbocycles. The van der Waals surface area contributed by atoms with Gasteiger partial charge in [-0.2, -0.15) is 0 Å². The number of rotatable bonds is 0. The Labute approximate surface area is 64.6 Å². The highest BCUT2D eigenvalue weighted by Gasteiger charge is 2.46. The Morgan fingerprint density at radius 2 is 1.80 bits per heavy atom. The summed E-state index contributed by atoms with van der Waals surface area (Å²) in [5.74, 6) is 0. The molecule has 0 N–H and O–H groups in total. The second kappa shape index (κ2) is 1.97. The Kier molecular flexibility index (Phi) is 1.59. The summed E-state index contributed by atoms with van der Waals surface area (Å²) < 4.78 is 1.19. The van der Waals surface area contributed by atoms with E-state index in [1.54, 1.807) is 0 Å². The van der Waals surface area contributed by atoms with Gasteiger partial charge < -0.3 is 4.48 Å². The standard InChI is InChI=1S/C9H20N/c1-8-6-7-9(2,3)10(8,4)5/h8H,6-7H2,1-5H3/q+1. The summed E-state index contributed by atoms with van der Waals surface area (Å²) in [6.45, 7) is 7.10. The van der Waals surface area contributed by atoms with Gasteiger partial charge in [-0.1, -0.05) is 0 Å². The van der Waals surface area contributed by atoms with Crippen molar-refractivity contribution in [3.63, 3.8) is 0 Å². The van der Waals surface area contributed by atoms with Gasteiger partial charge in [0.15, 0.2) is 0 Å². The molecule has 1 aliphatic rings. The molecule has 0 aromatic heterocycles. The first-order chi connectivity index (χ1) is 4.38. The fourth-order valence-electron chi connectivity index (χ4n) is 1.77. The van der Waals surface area contributed by atoms with E-state index in [4.69, 9.17) is 0 Å². The molecule has 1 aliphatic heterocycles. The molecule has 0 radical (unpaired) electrons. The predicted octanol–water partition coefficient (Wildman–Crippen LogP) is 2.02. The third-order valence-electron chi connectivity index (χ3n) is 3.84. The maximum atomic E-state index is 2.37. The topological polar surface area (TPSA) is 0 Å². The van der Waals surface area contributed by atoms with Crippen LogP contribution >= 0.6 is 0 Å². The van der Waals surface area contributed by atoms with E-state index in [0.717, 1.165) is 6.04 Å². The molecule has 1 heteroatoms. The average Bonchev–Trinajstić information content (AvgIpc) is 1.94. The van der Waals surface area contributed by atoms with E-state index in [1.165, 1.54) is 17.3 Å². The van der Waals surface area contributed by atoms with Gasteiger partial charge in [0.05, 0.1) is 25.7 Å². The van der Waals surface area contributed by atoms with Crippen molar-refractivity contribution in [3.05, 3.63) is 0 Å². The van der Waals surface area contributed by atoms with Crippen molar-refractivity contribution in [2.45, 2.75) is 45.2 Å². The van der Waals surface area contributed by atoms with Gasteiger partial charge in [-0.05, 0) is 20.8 Å². The van der Waals surface area contributed by atoms with Crippen molar-refractivity contribution >= 4 is 0 Å². The van der Waals surface area contributed by atoms with Gasteiger partial charge in [0.25, 0.3) is 0 Å². The summed E-state index contributed by atoms with van der Waals surface area (Å²) >= 11 is 0. The lowest BCUT2D eigenvalue weighted by Crippen LogP contribution is -2.54. The van der Waals surface area contributed by atoms with Gasteiger partial charge in [0, 0.05) is 12.8 Å². The lowest BCUT2D eigenvalue weighted by Gasteiger charge is -2.41. The second-order valence-electron chi connectivity index (χ2n) is 4.74. The van der Waals surface area contributed by atoms with Crippen LogP contribution in [0.15, 0.2) is 0 Å². The molecule has 10 heavy (non-hydrogen) atoms. The van der Waals surface area contributed by atoms with Gasteiger partial charge in [0.1, 0.15) is 0 Å². The van der Waals surface area contributed by atoms with Crippen LogP contribution in [0.3, 0.4) is 0 Å². The van der Waals surface area contributed by atoms with Crippen molar-refractivity contribution in [1.82, 2.24) is 0 Å². The lowest BCUT2D eigenvalue weighted by atomic mass is 10.0. The zero-order valence-corrected chi connectivity index (χ0v) is 7.94. The molecule has 0 aromatic carbocycles. The van der Waals surface area contributed by atoms with Crippen LogP contribution in [0.1, 0.15) is 33.6 Å². The minimum absolute atomic E-state index is 0.499. The molecular weight excluding hydrogens is 122 g/mol. The third-order valence-corrected chi connectivity index (χ3v) is 3.84. The van der Waals surface area contributed by atoms with Crippen LogP contribution < -0.4 is 0 Å². The van der Waals surface area contributed by atoms with Crippen LogP contribution in [-0.4, -0.2) is 30.2 Å². The number of hydrogen-bond donors (Lipinski definition) is 0.